The van der Waals surface area contributed by atoms with Gasteiger partial charge in [-0.3, -0.25) is 0 Å². The molecule has 20 heavy (non-hydrogen) atoms. The number of halogens is 4. The fourth-order valence-corrected chi connectivity index (χ4v) is 1.57. The molecule has 0 saturated heterocycles. The lowest BCUT2D eigenvalue weighted by Crippen LogP contribution is -2.04. The number of nitrogens with zero attached hydrogens (tertiary/aromatic N) is 2. The van der Waals surface area contributed by atoms with E-state index in [9.17, 15) is 25.5 Å². The molecular formula is C9H4F4N2O4S. The SMILES string of the molecule is O=S(=O)(F)Oc1ccc(-c2noc(C(F)(F)F)n2)cc1. The van der Waals surface area contributed by atoms with Crippen LogP contribution in [0.3, 0.4) is 0 Å². The van der Waals surface area contributed by atoms with E-state index in [0.717, 1.165) is 24.3 Å². The van der Waals surface area contributed by atoms with Crippen LogP contribution in [0, 0.1) is 0 Å². The Bertz CT molecular complexity index is 708. The van der Waals surface area contributed by atoms with Gasteiger partial charge in [0.1, 0.15) is 5.75 Å². The molecule has 0 bridgehead atoms. The van der Waals surface area contributed by atoms with Crippen LogP contribution in [-0.4, -0.2) is 18.6 Å². The van der Waals surface area contributed by atoms with Gasteiger partial charge < -0.3 is 8.71 Å². The second-order valence-corrected chi connectivity index (χ2v) is 4.37. The molecule has 0 aliphatic rings. The van der Waals surface area contributed by atoms with Crippen LogP contribution in [0.5, 0.6) is 5.75 Å². The minimum atomic E-state index is -5.17. The van der Waals surface area contributed by atoms with E-state index in [-0.39, 0.29) is 17.1 Å². The first kappa shape index (κ1) is 14.2. The van der Waals surface area contributed by atoms with Gasteiger partial charge in [-0.15, -0.1) is 0 Å². The lowest BCUT2D eigenvalue weighted by Gasteiger charge is -2.00. The van der Waals surface area contributed by atoms with Gasteiger partial charge in [-0.1, -0.05) is 9.04 Å². The number of alkyl halides is 3. The summed E-state index contributed by atoms with van der Waals surface area (Å²) in [4.78, 5) is 3.12. The van der Waals surface area contributed by atoms with Gasteiger partial charge in [0.25, 0.3) is 0 Å². The number of benzene rings is 1. The molecule has 0 fully saturated rings. The van der Waals surface area contributed by atoms with E-state index in [1.54, 1.807) is 0 Å². The molecule has 0 radical (unpaired) electrons. The topological polar surface area (TPSA) is 82.3 Å². The summed E-state index contributed by atoms with van der Waals surface area (Å²) in [5.41, 5.74) is 0.104. The molecule has 0 atom stereocenters. The molecule has 1 aromatic carbocycles. The molecule has 0 aliphatic heterocycles. The van der Waals surface area contributed by atoms with Gasteiger partial charge in [0.2, 0.25) is 5.82 Å². The monoisotopic (exact) mass is 312 g/mol. The Morgan fingerprint density at radius 1 is 1.15 bits per heavy atom. The van der Waals surface area contributed by atoms with Crippen LogP contribution in [0.2, 0.25) is 0 Å². The molecule has 0 aliphatic carbocycles. The van der Waals surface area contributed by atoms with E-state index in [0.29, 0.717) is 0 Å². The molecule has 1 aromatic heterocycles. The highest BCUT2D eigenvalue weighted by Gasteiger charge is 2.38. The third kappa shape index (κ3) is 3.44. The predicted molar refractivity (Wildman–Crippen MR) is 55.4 cm³/mol. The van der Waals surface area contributed by atoms with Crippen LogP contribution in [0.4, 0.5) is 17.1 Å². The molecular weight excluding hydrogens is 308 g/mol. The average Bonchev–Trinajstić information content (AvgIpc) is 2.76. The van der Waals surface area contributed by atoms with Crippen molar-refractivity contribution in [2.24, 2.45) is 0 Å². The molecule has 0 amide bonds. The van der Waals surface area contributed by atoms with Gasteiger partial charge in [-0.25, -0.2) is 0 Å². The maximum atomic E-state index is 12.2. The first-order valence-electron chi connectivity index (χ1n) is 4.80. The van der Waals surface area contributed by atoms with Crippen LogP contribution >= 0.6 is 0 Å². The van der Waals surface area contributed by atoms with Crippen LogP contribution in [0.25, 0.3) is 11.4 Å². The highest BCUT2D eigenvalue weighted by Crippen LogP contribution is 2.29. The Hall–Kier alpha value is -2.17. The summed E-state index contributed by atoms with van der Waals surface area (Å²) in [5.74, 6) is -2.22. The lowest BCUT2D eigenvalue weighted by atomic mass is 10.2. The second kappa shape index (κ2) is 4.74. The van der Waals surface area contributed by atoms with Gasteiger partial charge in [0.05, 0.1) is 0 Å². The van der Waals surface area contributed by atoms with E-state index >= 15 is 0 Å². The van der Waals surface area contributed by atoms with Crippen LogP contribution in [-0.2, 0) is 16.7 Å². The standard InChI is InChI=1S/C9H4F4N2O4S/c10-9(11,12)8-14-7(15-18-8)5-1-3-6(4-2-5)19-20(13,16)17/h1-4H. The van der Waals surface area contributed by atoms with Crippen LogP contribution < -0.4 is 4.18 Å². The summed E-state index contributed by atoms with van der Waals surface area (Å²) < 4.78 is 77.3. The van der Waals surface area contributed by atoms with E-state index in [1.807, 2.05) is 0 Å². The highest BCUT2D eigenvalue weighted by atomic mass is 32.3. The molecule has 11 heteroatoms. The molecule has 0 saturated carbocycles. The number of hydrogen-bond donors (Lipinski definition) is 0. The molecule has 2 rings (SSSR count). The zero-order valence-corrected chi connectivity index (χ0v) is 10.1. The molecule has 1 heterocycles. The quantitative estimate of drug-likeness (QED) is 0.639. The Morgan fingerprint density at radius 2 is 1.75 bits per heavy atom. The van der Waals surface area contributed by atoms with Crippen molar-refractivity contribution < 1.29 is 34.2 Å². The fourth-order valence-electron chi connectivity index (χ4n) is 1.23. The number of hydrogen-bond acceptors (Lipinski definition) is 6. The maximum absolute atomic E-state index is 12.2. The van der Waals surface area contributed by atoms with E-state index in [2.05, 4.69) is 18.8 Å². The number of aromatic nitrogens is 2. The van der Waals surface area contributed by atoms with Crippen molar-refractivity contribution in [3.63, 3.8) is 0 Å². The van der Waals surface area contributed by atoms with Crippen molar-refractivity contribution in [1.29, 1.82) is 0 Å². The first-order chi connectivity index (χ1) is 9.15. The lowest BCUT2D eigenvalue weighted by molar-refractivity contribution is -0.159. The van der Waals surface area contributed by atoms with E-state index < -0.39 is 22.6 Å². The minimum absolute atomic E-state index is 0.104. The zero-order chi connectivity index (χ0) is 15.0. The fraction of sp³-hybridized carbons (Fsp3) is 0.111. The van der Waals surface area contributed by atoms with Crippen LogP contribution in [0.1, 0.15) is 5.89 Å². The van der Waals surface area contributed by atoms with Gasteiger partial charge >= 0.3 is 22.6 Å². The summed E-state index contributed by atoms with van der Waals surface area (Å²) >= 11 is 0. The maximum Gasteiger partial charge on any atom is 0.488 e. The Morgan fingerprint density at radius 3 is 2.20 bits per heavy atom. The molecule has 108 valence electrons. The van der Waals surface area contributed by atoms with Gasteiger partial charge in [0.15, 0.2) is 0 Å². The molecule has 2 aromatic rings. The van der Waals surface area contributed by atoms with Crippen molar-refractivity contribution in [2.75, 3.05) is 0 Å². The molecule has 0 spiro atoms. The largest absolute Gasteiger partial charge is 0.488 e. The zero-order valence-electron chi connectivity index (χ0n) is 9.26. The molecule has 0 unspecified atom stereocenters. The third-order valence-corrected chi connectivity index (χ3v) is 2.37. The van der Waals surface area contributed by atoms with Crippen molar-refractivity contribution in [2.45, 2.75) is 6.18 Å². The Labute approximate surface area is 109 Å². The van der Waals surface area contributed by atoms with Crippen molar-refractivity contribution in [1.82, 2.24) is 10.1 Å². The summed E-state index contributed by atoms with van der Waals surface area (Å²) in [7, 11) is -5.17. The van der Waals surface area contributed by atoms with Gasteiger partial charge in [-0.2, -0.15) is 26.6 Å². The van der Waals surface area contributed by atoms with Crippen LogP contribution in [0.15, 0.2) is 28.8 Å². The molecule has 0 N–H and O–H groups in total. The predicted octanol–water partition coefficient (Wildman–Crippen LogP) is 2.35. The summed E-state index contributed by atoms with van der Waals surface area (Å²) in [6, 6.07) is 4.34. The summed E-state index contributed by atoms with van der Waals surface area (Å²) in [6.45, 7) is 0. The van der Waals surface area contributed by atoms with E-state index in [4.69, 9.17) is 0 Å². The van der Waals surface area contributed by atoms with E-state index in [1.165, 1.54) is 0 Å². The first-order valence-corrected chi connectivity index (χ1v) is 6.11. The number of rotatable bonds is 3. The minimum Gasteiger partial charge on any atom is -0.358 e. The average molecular weight is 312 g/mol. The van der Waals surface area contributed by atoms with Crippen molar-refractivity contribution in [3.8, 4) is 17.1 Å². The second-order valence-electron chi connectivity index (χ2n) is 3.42. The normalized spacial score (nSPS) is 12.4. The van der Waals surface area contributed by atoms with Gasteiger partial charge in [0, 0.05) is 5.56 Å². The van der Waals surface area contributed by atoms with Gasteiger partial charge in [-0.05, 0) is 24.3 Å². The smallest absolute Gasteiger partial charge is 0.358 e. The summed E-state index contributed by atoms with van der Waals surface area (Å²) in [5, 5.41) is 3.12. The van der Waals surface area contributed by atoms with Crippen molar-refractivity contribution in [3.05, 3.63) is 30.2 Å². The molecule has 6 nitrogen and oxygen atoms in total. The highest BCUT2D eigenvalue weighted by molar-refractivity contribution is 7.81. The Kier molecular flexibility index (Phi) is 3.38. The Balaban J connectivity index is 2.24. The summed E-state index contributed by atoms with van der Waals surface area (Å²) in [6.07, 6.45) is -4.77. The van der Waals surface area contributed by atoms with Crippen molar-refractivity contribution >= 4 is 10.5 Å². The third-order valence-electron chi connectivity index (χ3n) is 1.98.